The Balaban J connectivity index is 2.13. The number of halogens is 8. The molecular formula is C16H9BrF7N3. The van der Waals surface area contributed by atoms with Crippen LogP contribution in [-0.2, 0) is 0 Å². The molecule has 0 spiro atoms. The van der Waals surface area contributed by atoms with Crippen LogP contribution in [0.1, 0.15) is 0 Å². The number of aromatic nitrogens is 1. The molecule has 11 heteroatoms. The van der Waals surface area contributed by atoms with E-state index in [4.69, 9.17) is 0 Å². The lowest BCUT2D eigenvalue weighted by Crippen LogP contribution is -2.56. The van der Waals surface area contributed by atoms with Crippen molar-refractivity contribution in [2.75, 3.05) is 10.0 Å². The SMILES string of the molecule is Fc1ccc(N2C=CC(C(F)(F)C(F)(F)F)N2c2ccnc(Br)c2)c(F)c1. The second-order valence-electron chi connectivity index (χ2n) is 5.53. The quantitative estimate of drug-likeness (QED) is 0.453. The smallest absolute Gasteiger partial charge is 0.268 e. The summed E-state index contributed by atoms with van der Waals surface area (Å²) < 4.78 is 94.5. The summed E-state index contributed by atoms with van der Waals surface area (Å²) in [5.74, 6) is -7.20. The van der Waals surface area contributed by atoms with Gasteiger partial charge in [0.2, 0.25) is 0 Å². The molecule has 0 fully saturated rings. The van der Waals surface area contributed by atoms with Crippen molar-refractivity contribution in [3.8, 4) is 0 Å². The second kappa shape index (κ2) is 6.70. The van der Waals surface area contributed by atoms with Crippen LogP contribution in [0.5, 0.6) is 0 Å². The van der Waals surface area contributed by atoms with Gasteiger partial charge in [0.05, 0.1) is 11.4 Å². The average molecular weight is 456 g/mol. The van der Waals surface area contributed by atoms with Gasteiger partial charge >= 0.3 is 12.1 Å². The number of hydrogen-bond acceptors (Lipinski definition) is 3. The number of rotatable bonds is 3. The first-order valence-electron chi connectivity index (χ1n) is 7.30. The second-order valence-corrected chi connectivity index (χ2v) is 6.34. The van der Waals surface area contributed by atoms with Crippen LogP contribution in [0, 0.1) is 11.6 Å². The van der Waals surface area contributed by atoms with Gasteiger partial charge in [-0.05, 0) is 46.3 Å². The highest BCUT2D eigenvalue weighted by Crippen LogP contribution is 2.45. The molecule has 2 heterocycles. The zero-order valence-electron chi connectivity index (χ0n) is 13.1. The molecule has 2 aromatic rings. The third kappa shape index (κ3) is 3.47. The van der Waals surface area contributed by atoms with Gasteiger partial charge in [-0.2, -0.15) is 22.0 Å². The normalized spacial score (nSPS) is 17.7. The van der Waals surface area contributed by atoms with Gasteiger partial charge in [-0.25, -0.2) is 13.8 Å². The fourth-order valence-electron chi connectivity index (χ4n) is 2.58. The molecule has 0 amide bonds. The molecule has 27 heavy (non-hydrogen) atoms. The lowest BCUT2D eigenvalue weighted by molar-refractivity contribution is -0.285. The number of hydrazine groups is 1. The van der Waals surface area contributed by atoms with Crippen LogP contribution in [-0.4, -0.2) is 23.1 Å². The molecule has 0 saturated carbocycles. The Bertz CT molecular complexity index is 885. The van der Waals surface area contributed by atoms with E-state index in [0.29, 0.717) is 17.2 Å². The molecule has 144 valence electrons. The molecule has 3 rings (SSSR count). The molecule has 1 aliphatic rings. The molecule has 1 aromatic heterocycles. The first-order chi connectivity index (χ1) is 12.5. The lowest BCUT2D eigenvalue weighted by Gasteiger charge is -2.38. The minimum absolute atomic E-state index is 0.112. The van der Waals surface area contributed by atoms with Gasteiger partial charge in [0, 0.05) is 18.5 Å². The lowest BCUT2D eigenvalue weighted by atomic mass is 10.1. The molecule has 0 saturated heterocycles. The number of hydrogen-bond donors (Lipinski definition) is 0. The van der Waals surface area contributed by atoms with E-state index in [1.165, 1.54) is 18.3 Å². The van der Waals surface area contributed by atoms with Gasteiger partial charge < -0.3 is 0 Å². The van der Waals surface area contributed by atoms with Crippen LogP contribution < -0.4 is 10.0 Å². The van der Waals surface area contributed by atoms with Crippen molar-refractivity contribution in [3.05, 3.63) is 65.0 Å². The largest absolute Gasteiger partial charge is 0.455 e. The summed E-state index contributed by atoms with van der Waals surface area (Å²) in [6.45, 7) is 0. The third-order valence-electron chi connectivity index (χ3n) is 3.79. The van der Waals surface area contributed by atoms with E-state index in [9.17, 15) is 30.7 Å². The van der Waals surface area contributed by atoms with Crippen molar-refractivity contribution in [2.45, 2.75) is 18.1 Å². The number of benzene rings is 1. The van der Waals surface area contributed by atoms with Crippen molar-refractivity contribution in [3.63, 3.8) is 0 Å². The van der Waals surface area contributed by atoms with Gasteiger partial charge in [0.25, 0.3) is 0 Å². The monoisotopic (exact) mass is 455 g/mol. The molecule has 0 aliphatic carbocycles. The van der Waals surface area contributed by atoms with Crippen molar-refractivity contribution in [1.82, 2.24) is 4.98 Å². The average Bonchev–Trinajstić information content (AvgIpc) is 2.99. The molecule has 0 N–H and O–H groups in total. The predicted molar refractivity (Wildman–Crippen MR) is 87.2 cm³/mol. The Labute approximate surface area is 156 Å². The summed E-state index contributed by atoms with van der Waals surface area (Å²) >= 11 is 3.01. The minimum atomic E-state index is -5.85. The minimum Gasteiger partial charge on any atom is -0.268 e. The van der Waals surface area contributed by atoms with E-state index in [1.807, 2.05) is 0 Å². The van der Waals surface area contributed by atoms with Crippen molar-refractivity contribution >= 4 is 27.3 Å². The summed E-state index contributed by atoms with van der Waals surface area (Å²) in [4.78, 5) is 3.79. The Morgan fingerprint density at radius 2 is 1.70 bits per heavy atom. The van der Waals surface area contributed by atoms with Gasteiger partial charge in [-0.1, -0.05) is 0 Å². The predicted octanol–water partition coefficient (Wildman–Crippen LogP) is 5.44. The highest BCUT2D eigenvalue weighted by Gasteiger charge is 2.65. The van der Waals surface area contributed by atoms with E-state index in [-0.39, 0.29) is 10.3 Å². The van der Waals surface area contributed by atoms with Crippen LogP contribution in [0.3, 0.4) is 0 Å². The maximum absolute atomic E-state index is 14.2. The van der Waals surface area contributed by atoms with Gasteiger partial charge in [-0.3, -0.25) is 10.0 Å². The summed E-state index contributed by atoms with van der Waals surface area (Å²) in [6, 6.07) is 2.19. The van der Waals surface area contributed by atoms with Crippen LogP contribution >= 0.6 is 15.9 Å². The molecular weight excluding hydrogens is 447 g/mol. The van der Waals surface area contributed by atoms with Crippen LogP contribution in [0.15, 0.2) is 53.4 Å². The Morgan fingerprint density at radius 1 is 1.00 bits per heavy atom. The number of alkyl halides is 5. The highest BCUT2D eigenvalue weighted by atomic mass is 79.9. The number of nitrogens with zero attached hydrogens (tertiary/aromatic N) is 3. The first-order valence-corrected chi connectivity index (χ1v) is 8.09. The topological polar surface area (TPSA) is 19.4 Å². The first kappa shape index (κ1) is 19.5. The zero-order chi connectivity index (χ0) is 20.0. The van der Waals surface area contributed by atoms with Gasteiger partial charge in [0.1, 0.15) is 16.5 Å². The number of anilines is 2. The van der Waals surface area contributed by atoms with Crippen molar-refractivity contribution in [2.24, 2.45) is 0 Å². The highest BCUT2D eigenvalue weighted by molar-refractivity contribution is 9.10. The molecule has 1 atom stereocenters. The van der Waals surface area contributed by atoms with Crippen molar-refractivity contribution < 1.29 is 30.7 Å². The van der Waals surface area contributed by atoms with Crippen LogP contribution in [0.25, 0.3) is 0 Å². The van der Waals surface area contributed by atoms with E-state index in [0.717, 1.165) is 23.3 Å². The molecule has 1 aliphatic heterocycles. The molecule has 1 unspecified atom stereocenters. The fourth-order valence-corrected chi connectivity index (χ4v) is 2.93. The van der Waals surface area contributed by atoms with E-state index >= 15 is 0 Å². The van der Waals surface area contributed by atoms with E-state index in [2.05, 4.69) is 20.9 Å². The summed E-state index contributed by atoms with van der Waals surface area (Å²) in [5, 5.41) is 1.33. The fraction of sp³-hybridized carbons (Fsp3) is 0.188. The van der Waals surface area contributed by atoms with Gasteiger partial charge in [-0.15, -0.1) is 0 Å². The summed E-state index contributed by atoms with van der Waals surface area (Å²) in [6.07, 6.45) is -3.19. The van der Waals surface area contributed by atoms with Crippen LogP contribution in [0.2, 0.25) is 0 Å². The van der Waals surface area contributed by atoms with E-state index in [1.54, 1.807) is 0 Å². The summed E-state index contributed by atoms with van der Waals surface area (Å²) in [5.41, 5.74) is -0.513. The summed E-state index contributed by atoms with van der Waals surface area (Å²) in [7, 11) is 0. The molecule has 0 bridgehead atoms. The molecule has 3 nitrogen and oxygen atoms in total. The van der Waals surface area contributed by atoms with E-state index < -0.39 is 35.5 Å². The molecule has 0 radical (unpaired) electrons. The molecule has 1 aromatic carbocycles. The van der Waals surface area contributed by atoms with Crippen LogP contribution in [0.4, 0.5) is 42.1 Å². The zero-order valence-corrected chi connectivity index (χ0v) is 14.6. The van der Waals surface area contributed by atoms with Crippen molar-refractivity contribution in [1.29, 1.82) is 0 Å². The van der Waals surface area contributed by atoms with Gasteiger partial charge in [0.15, 0.2) is 5.82 Å². The Hall–Kier alpha value is -2.30. The number of pyridine rings is 1. The maximum Gasteiger partial charge on any atom is 0.455 e. The Kier molecular flexibility index (Phi) is 4.83. The maximum atomic E-state index is 14.2. The standard InChI is InChI=1S/C16H9BrF7N3/c17-14-8-10(3-5-25-14)27-13(15(20,21)16(22,23)24)4-6-26(27)12-2-1-9(18)7-11(12)19/h1-8,13H. The Morgan fingerprint density at radius 3 is 2.30 bits per heavy atom. The third-order valence-corrected chi connectivity index (χ3v) is 4.22.